The van der Waals surface area contributed by atoms with Gasteiger partial charge in [0, 0.05) is 23.0 Å². The topological polar surface area (TPSA) is 15.3 Å². The summed E-state index contributed by atoms with van der Waals surface area (Å²) in [7, 11) is 0. The first-order valence-corrected chi connectivity index (χ1v) is 8.84. The van der Waals surface area contributed by atoms with Gasteiger partial charge in [-0.2, -0.15) is 0 Å². The highest BCUT2D eigenvalue weighted by atomic mass is 32.1. The largest absolute Gasteiger partial charge is 0.307 e. The summed E-state index contributed by atoms with van der Waals surface area (Å²) in [5, 5.41) is 6.24. The summed E-state index contributed by atoms with van der Waals surface area (Å²) in [6, 6.07) is 4.72. The smallest absolute Gasteiger partial charge is 0.0333 e. The summed E-state index contributed by atoms with van der Waals surface area (Å²) in [6.45, 7) is 2.65. The van der Waals surface area contributed by atoms with Crippen LogP contribution in [0.15, 0.2) is 11.4 Å². The zero-order chi connectivity index (χ0) is 12.7. The summed E-state index contributed by atoms with van der Waals surface area (Å²) < 4.78 is 0. The van der Waals surface area contributed by atoms with E-state index < -0.39 is 0 Å². The van der Waals surface area contributed by atoms with Crippen molar-refractivity contribution in [2.45, 2.75) is 63.1 Å². The van der Waals surface area contributed by atoms with E-state index in [1.165, 1.54) is 58.0 Å². The van der Waals surface area contributed by atoms with Gasteiger partial charge in [0.1, 0.15) is 0 Å². The second kappa shape index (κ2) is 5.19. The molecule has 2 fully saturated rings. The van der Waals surface area contributed by atoms with E-state index in [-0.39, 0.29) is 0 Å². The number of nitrogens with zero attached hydrogens (tertiary/aromatic N) is 1. The highest BCUT2D eigenvalue weighted by molar-refractivity contribution is 7.10. The number of fused-ring (bicyclic) bond motifs is 1. The Morgan fingerprint density at radius 2 is 1.95 bits per heavy atom. The van der Waals surface area contributed by atoms with E-state index in [9.17, 15) is 0 Å². The van der Waals surface area contributed by atoms with Gasteiger partial charge in [-0.05, 0) is 75.0 Å². The fourth-order valence-electron chi connectivity index (χ4n) is 3.82. The van der Waals surface area contributed by atoms with Gasteiger partial charge < -0.3 is 10.2 Å². The molecule has 0 radical (unpaired) electrons. The van der Waals surface area contributed by atoms with Crippen molar-refractivity contribution >= 4 is 11.3 Å². The highest BCUT2D eigenvalue weighted by Crippen LogP contribution is 2.35. The van der Waals surface area contributed by atoms with Crippen molar-refractivity contribution in [3.63, 3.8) is 0 Å². The van der Waals surface area contributed by atoms with Crippen molar-refractivity contribution < 1.29 is 0 Å². The van der Waals surface area contributed by atoms with Crippen LogP contribution in [0, 0.1) is 0 Å². The van der Waals surface area contributed by atoms with Crippen LogP contribution in [-0.2, 0) is 6.42 Å². The van der Waals surface area contributed by atoms with Gasteiger partial charge >= 0.3 is 0 Å². The molecule has 1 N–H and O–H groups in total. The Morgan fingerprint density at radius 3 is 2.74 bits per heavy atom. The first kappa shape index (κ1) is 12.4. The lowest BCUT2D eigenvalue weighted by molar-refractivity contribution is 0.181. The summed E-state index contributed by atoms with van der Waals surface area (Å²) >= 11 is 1.96. The zero-order valence-electron chi connectivity index (χ0n) is 11.6. The number of likely N-dealkylation sites (tertiary alicyclic amines) is 1. The van der Waals surface area contributed by atoms with E-state index in [1.54, 1.807) is 10.4 Å². The first-order valence-electron chi connectivity index (χ1n) is 7.96. The zero-order valence-corrected chi connectivity index (χ0v) is 12.4. The van der Waals surface area contributed by atoms with Crippen LogP contribution in [0.1, 0.15) is 55.0 Å². The molecule has 1 aromatic heterocycles. The molecular formula is C16H24N2S. The van der Waals surface area contributed by atoms with Crippen LogP contribution in [0.3, 0.4) is 0 Å². The number of hydrogen-bond acceptors (Lipinski definition) is 3. The average Bonchev–Trinajstić information content (AvgIpc) is 3.17. The summed E-state index contributed by atoms with van der Waals surface area (Å²) in [4.78, 5) is 4.36. The minimum Gasteiger partial charge on any atom is -0.307 e. The molecule has 3 aliphatic rings. The minimum absolute atomic E-state index is 0.646. The Kier molecular flexibility index (Phi) is 3.38. The Balaban J connectivity index is 1.35. The van der Waals surface area contributed by atoms with Crippen molar-refractivity contribution in [3.05, 3.63) is 21.9 Å². The van der Waals surface area contributed by atoms with Crippen molar-refractivity contribution in [1.29, 1.82) is 0 Å². The van der Waals surface area contributed by atoms with Crippen molar-refractivity contribution in [3.8, 4) is 0 Å². The molecule has 1 atom stereocenters. The quantitative estimate of drug-likeness (QED) is 0.911. The predicted octanol–water partition coefficient (Wildman–Crippen LogP) is 3.34. The molecule has 0 amide bonds. The Bertz CT molecular complexity index is 430. The molecule has 2 aliphatic carbocycles. The number of nitrogens with one attached hydrogen (secondary N) is 1. The second-order valence-electron chi connectivity index (χ2n) is 6.45. The Morgan fingerprint density at radius 1 is 1.11 bits per heavy atom. The van der Waals surface area contributed by atoms with Crippen LogP contribution in [0.4, 0.5) is 0 Å². The van der Waals surface area contributed by atoms with Gasteiger partial charge in [-0.15, -0.1) is 11.3 Å². The van der Waals surface area contributed by atoms with Gasteiger partial charge in [0.2, 0.25) is 0 Å². The molecule has 19 heavy (non-hydrogen) atoms. The third-order valence-electron chi connectivity index (χ3n) is 5.08. The van der Waals surface area contributed by atoms with Crippen LogP contribution < -0.4 is 5.32 Å². The van der Waals surface area contributed by atoms with Gasteiger partial charge in [-0.3, -0.25) is 0 Å². The monoisotopic (exact) mass is 276 g/mol. The molecule has 0 bridgehead atoms. The molecule has 1 aliphatic heterocycles. The molecular weight excluding hydrogens is 252 g/mol. The maximum absolute atomic E-state index is 3.96. The van der Waals surface area contributed by atoms with Crippen LogP contribution in [0.5, 0.6) is 0 Å². The fourth-order valence-corrected chi connectivity index (χ4v) is 4.80. The van der Waals surface area contributed by atoms with E-state index in [1.807, 2.05) is 11.3 Å². The maximum atomic E-state index is 3.96. The normalized spacial score (nSPS) is 29.4. The third kappa shape index (κ3) is 2.61. The summed E-state index contributed by atoms with van der Waals surface area (Å²) in [5.74, 6) is 0. The number of thiophene rings is 1. The van der Waals surface area contributed by atoms with E-state index in [4.69, 9.17) is 0 Å². The minimum atomic E-state index is 0.646. The van der Waals surface area contributed by atoms with Crippen molar-refractivity contribution in [2.24, 2.45) is 0 Å². The van der Waals surface area contributed by atoms with Crippen molar-refractivity contribution in [2.75, 3.05) is 13.1 Å². The van der Waals surface area contributed by atoms with Gasteiger partial charge in [-0.1, -0.05) is 0 Å². The van der Waals surface area contributed by atoms with Crippen LogP contribution in [0.25, 0.3) is 0 Å². The number of rotatable bonds is 3. The van der Waals surface area contributed by atoms with E-state index in [0.717, 1.165) is 12.1 Å². The lowest BCUT2D eigenvalue weighted by Crippen LogP contribution is -2.44. The molecule has 4 rings (SSSR count). The highest BCUT2D eigenvalue weighted by Gasteiger charge is 2.32. The van der Waals surface area contributed by atoms with Crippen molar-refractivity contribution in [1.82, 2.24) is 10.2 Å². The lowest BCUT2D eigenvalue weighted by Gasteiger charge is -2.35. The van der Waals surface area contributed by atoms with Crippen LogP contribution in [-0.4, -0.2) is 30.1 Å². The third-order valence-corrected chi connectivity index (χ3v) is 6.08. The molecule has 1 unspecified atom stereocenters. The van der Waals surface area contributed by atoms with E-state index >= 15 is 0 Å². The molecule has 3 heteroatoms. The van der Waals surface area contributed by atoms with Crippen LogP contribution in [0.2, 0.25) is 0 Å². The fraction of sp³-hybridized carbons (Fsp3) is 0.750. The first-order chi connectivity index (χ1) is 9.40. The number of hydrogen-bond donors (Lipinski definition) is 1. The average molecular weight is 276 g/mol. The standard InChI is InChI=1S/C16H24N2S/c1-2-15(14-8-11-19-16(14)3-1)17-12-6-9-18(10-7-12)13-4-5-13/h8,11-13,15,17H,1-7,9-10H2. The van der Waals surface area contributed by atoms with Gasteiger partial charge in [0.15, 0.2) is 0 Å². The maximum Gasteiger partial charge on any atom is 0.0333 e. The van der Waals surface area contributed by atoms with E-state index in [2.05, 4.69) is 21.7 Å². The Labute approximate surface area is 120 Å². The second-order valence-corrected chi connectivity index (χ2v) is 7.45. The molecule has 1 saturated carbocycles. The SMILES string of the molecule is c1cc2c(s1)CCCC2NC1CCN(C2CC2)CC1. The number of piperidine rings is 1. The number of aryl methyl sites for hydroxylation is 1. The van der Waals surface area contributed by atoms with Crippen LogP contribution >= 0.6 is 11.3 Å². The predicted molar refractivity (Wildman–Crippen MR) is 80.8 cm³/mol. The van der Waals surface area contributed by atoms with Gasteiger partial charge in [0.25, 0.3) is 0 Å². The lowest BCUT2D eigenvalue weighted by atomic mass is 9.92. The molecule has 1 aromatic rings. The van der Waals surface area contributed by atoms with Gasteiger partial charge in [0.05, 0.1) is 0 Å². The summed E-state index contributed by atoms with van der Waals surface area (Å²) in [5.41, 5.74) is 1.61. The molecule has 2 heterocycles. The molecule has 2 nitrogen and oxygen atoms in total. The Hall–Kier alpha value is -0.380. The molecule has 0 aromatic carbocycles. The molecule has 104 valence electrons. The van der Waals surface area contributed by atoms with Gasteiger partial charge in [-0.25, -0.2) is 0 Å². The summed E-state index contributed by atoms with van der Waals surface area (Å²) in [6.07, 6.45) is 9.64. The molecule has 0 spiro atoms. The molecule has 1 saturated heterocycles. The van der Waals surface area contributed by atoms with E-state index in [0.29, 0.717) is 6.04 Å².